The summed E-state index contributed by atoms with van der Waals surface area (Å²) in [5, 5.41) is 7.48. The number of rotatable bonds is 4. The predicted octanol–water partition coefficient (Wildman–Crippen LogP) is 2.69. The number of hydrogen-bond acceptors (Lipinski definition) is 3. The van der Waals surface area contributed by atoms with Crippen LogP contribution in [0.15, 0.2) is 30.6 Å². The second-order valence-electron chi connectivity index (χ2n) is 3.41. The molecule has 0 bridgehead atoms. The van der Waals surface area contributed by atoms with E-state index in [-0.39, 0.29) is 0 Å². The molecule has 4 nitrogen and oxygen atoms in total. The molecule has 84 valence electrons. The number of nitrogens with one attached hydrogen (secondary N) is 1. The average molecular weight is 328 g/mol. The number of aromatic nitrogens is 3. The zero-order chi connectivity index (χ0) is 11.4. The van der Waals surface area contributed by atoms with Crippen LogP contribution in [0, 0.1) is 3.57 Å². The summed E-state index contributed by atoms with van der Waals surface area (Å²) in [4.78, 5) is 4.48. The monoisotopic (exact) mass is 328 g/mol. The van der Waals surface area contributed by atoms with Gasteiger partial charge in [0.05, 0.1) is 9.77 Å². The van der Waals surface area contributed by atoms with Crippen molar-refractivity contribution >= 4 is 28.4 Å². The molecule has 5 heteroatoms. The van der Waals surface area contributed by atoms with Gasteiger partial charge in [-0.1, -0.05) is 13.0 Å². The fourth-order valence-corrected chi connectivity index (χ4v) is 1.72. The molecule has 0 unspecified atom stereocenters. The Labute approximate surface area is 108 Å². The van der Waals surface area contributed by atoms with Crippen molar-refractivity contribution in [1.29, 1.82) is 0 Å². The highest BCUT2D eigenvalue weighted by Gasteiger charge is 2.01. The Balaban J connectivity index is 2.22. The quantitative estimate of drug-likeness (QED) is 0.878. The van der Waals surface area contributed by atoms with Gasteiger partial charge in [0.25, 0.3) is 0 Å². The number of halogens is 1. The molecule has 0 aliphatic carbocycles. The summed E-state index contributed by atoms with van der Waals surface area (Å²) in [6.07, 6.45) is 4.85. The molecular weight excluding hydrogens is 315 g/mol. The lowest BCUT2D eigenvalue weighted by Gasteiger charge is -2.05. The van der Waals surface area contributed by atoms with Crippen LogP contribution in [-0.4, -0.2) is 21.3 Å². The summed E-state index contributed by atoms with van der Waals surface area (Å²) in [5.74, 6) is 1.73. The Morgan fingerprint density at radius 3 is 3.00 bits per heavy atom. The summed E-state index contributed by atoms with van der Waals surface area (Å²) >= 11 is 2.23. The SMILES string of the molecule is CCCNc1cccc(-n2cc(I)cn2)n1. The maximum atomic E-state index is 4.48. The lowest BCUT2D eigenvalue weighted by molar-refractivity contribution is 0.845. The van der Waals surface area contributed by atoms with Crippen LogP contribution in [0.4, 0.5) is 5.82 Å². The Morgan fingerprint density at radius 2 is 2.31 bits per heavy atom. The molecule has 16 heavy (non-hydrogen) atoms. The molecule has 2 aromatic heterocycles. The van der Waals surface area contributed by atoms with Gasteiger partial charge in [-0.25, -0.2) is 9.67 Å². The van der Waals surface area contributed by atoms with E-state index in [1.54, 1.807) is 4.68 Å². The molecular formula is C11H13IN4. The van der Waals surface area contributed by atoms with Crippen molar-refractivity contribution in [2.24, 2.45) is 0 Å². The van der Waals surface area contributed by atoms with Crippen molar-refractivity contribution in [3.8, 4) is 5.82 Å². The summed E-state index contributed by atoms with van der Waals surface area (Å²) < 4.78 is 2.88. The third-order valence-electron chi connectivity index (χ3n) is 2.08. The standard InChI is InChI=1S/C11H13IN4/c1-2-6-13-10-4-3-5-11(15-10)16-8-9(12)7-14-16/h3-5,7-8H,2,6H2,1H3,(H,13,15). The third kappa shape index (κ3) is 2.72. The van der Waals surface area contributed by atoms with Crippen molar-refractivity contribution in [3.63, 3.8) is 0 Å². The van der Waals surface area contributed by atoms with E-state index < -0.39 is 0 Å². The molecule has 0 spiro atoms. The van der Waals surface area contributed by atoms with Crippen LogP contribution in [0.3, 0.4) is 0 Å². The van der Waals surface area contributed by atoms with Crippen molar-refractivity contribution < 1.29 is 0 Å². The van der Waals surface area contributed by atoms with E-state index in [1.165, 1.54) is 0 Å². The number of nitrogens with zero attached hydrogens (tertiary/aromatic N) is 3. The van der Waals surface area contributed by atoms with Gasteiger partial charge in [-0.05, 0) is 41.1 Å². The van der Waals surface area contributed by atoms with Gasteiger partial charge in [-0.15, -0.1) is 0 Å². The third-order valence-corrected chi connectivity index (χ3v) is 2.63. The molecule has 0 aliphatic heterocycles. The summed E-state index contributed by atoms with van der Waals surface area (Å²) in [5.41, 5.74) is 0. The van der Waals surface area contributed by atoms with E-state index in [1.807, 2.05) is 30.6 Å². The molecule has 2 heterocycles. The maximum Gasteiger partial charge on any atom is 0.155 e. The van der Waals surface area contributed by atoms with Crippen LogP contribution in [0.1, 0.15) is 13.3 Å². The van der Waals surface area contributed by atoms with Crippen molar-refractivity contribution in [3.05, 3.63) is 34.2 Å². The molecule has 0 saturated carbocycles. The van der Waals surface area contributed by atoms with Crippen LogP contribution in [-0.2, 0) is 0 Å². The van der Waals surface area contributed by atoms with Crippen LogP contribution in [0.2, 0.25) is 0 Å². The van der Waals surface area contributed by atoms with Crippen molar-refractivity contribution in [2.75, 3.05) is 11.9 Å². The molecule has 0 aliphatic rings. The topological polar surface area (TPSA) is 42.7 Å². The predicted molar refractivity (Wildman–Crippen MR) is 72.9 cm³/mol. The highest BCUT2D eigenvalue weighted by molar-refractivity contribution is 14.1. The summed E-state index contributed by atoms with van der Waals surface area (Å²) in [6, 6.07) is 5.89. The highest BCUT2D eigenvalue weighted by Crippen LogP contribution is 2.10. The van der Waals surface area contributed by atoms with Gasteiger partial charge < -0.3 is 5.32 Å². The minimum atomic E-state index is 0.837. The second-order valence-corrected chi connectivity index (χ2v) is 4.66. The molecule has 0 radical (unpaired) electrons. The first kappa shape index (κ1) is 11.4. The fourth-order valence-electron chi connectivity index (χ4n) is 1.33. The molecule has 0 fully saturated rings. The van der Waals surface area contributed by atoms with Gasteiger partial charge in [-0.3, -0.25) is 0 Å². The average Bonchev–Trinajstić information content (AvgIpc) is 2.74. The lowest BCUT2D eigenvalue weighted by Crippen LogP contribution is -2.04. The van der Waals surface area contributed by atoms with Crippen molar-refractivity contribution in [1.82, 2.24) is 14.8 Å². The van der Waals surface area contributed by atoms with Gasteiger partial charge in [0.1, 0.15) is 5.82 Å². The van der Waals surface area contributed by atoms with E-state index in [0.717, 1.165) is 28.2 Å². The van der Waals surface area contributed by atoms with Crippen LogP contribution in [0.25, 0.3) is 5.82 Å². The first-order valence-corrected chi connectivity index (χ1v) is 6.29. The van der Waals surface area contributed by atoms with Crippen molar-refractivity contribution in [2.45, 2.75) is 13.3 Å². The van der Waals surface area contributed by atoms with E-state index in [2.05, 4.69) is 44.9 Å². The lowest BCUT2D eigenvalue weighted by atomic mass is 10.4. The Bertz CT molecular complexity index is 467. The Hall–Kier alpha value is -1.11. The second kappa shape index (κ2) is 5.29. The summed E-state index contributed by atoms with van der Waals surface area (Å²) in [6.45, 7) is 3.07. The summed E-state index contributed by atoms with van der Waals surface area (Å²) in [7, 11) is 0. The fraction of sp³-hybridized carbons (Fsp3) is 0.273. The molecule has 2 rings (SSSR count). The van der Waals surface area contributed by atoms with E-state index in [0.29, 0.717) is 0 Å². The highest BCUT2D eigenvalue weighted by atomic mass is 127. The normalized spacial score (nSPS) is 10.4. The van der Waals surface area contributed by atoms with E-state index >= 15 is 0 Å². The van der Waals surface area contributed by atoms with Gasteiger partial charge in [0, 0.05) is 12.7 Å². The Morgan fingerprint density at radius 1 is 1.44 bits per heavy atom. The zero-order valence-corrected chi connectivity index (χ0v) is 11.2. The van der Waals surface area contributed by atoms with E-state index in [4.69, 9.17) is 0 Å². The number of pyridine rings is 1. The minimum absolute atomic E-state index is 0.837. The van der Waals surface area contributed by atoms with Gasteiger partial charge in [0.2, 0.25) is 0 Å². The number of anilines is 1. The molecule has 0 amide bonds. The molecule has 0 aromatic carbocycles. The Kier molecular flexibility index (Phi) is 3.76. The molecule has 0 saturated heterocycles. The largest absolute Gasteiger partial charge is 0.370 e. The van der Waals surface area contributed by atoms with Gasteiger partial charge >= 0.3 is 0 Å². The molecule has 0 atom stereocenters. The first-order chi connectivity index (χ1) is 7.79. The molecule has 2 aromatic rings. The van der Waals surface area contributed by atoms with Crippen LogP contribution < -0.4 is 5.32 Å². The zero-order valence-electron chi connectivity index (χ0n) is 9.02. The number of hydrogen-bond donors (Lipinski definition) is 1. The molecule has 1 N–H and O–H groups in total. The van der Waals surface area contributed by atoms with Gasteiger partial charge in [-0.2, -0.15) is 5.10 Å². The smallest absolute Gasteiger partial charge is 0.155 e. The van der Waals surface area contributed by atoms with Crippen LogP contribution in [0.5, 0.6) is 0 Å². The van der Waals surface area contributed by atoms with E-state index in [9.17, 15) is 0 Å². The minimum Gasteiger partial charge on any atom is -0.370 e. The van der Waals surface area contributed by atoms with Crippen LogP contribution >= 0.6 is 22.6 Å². The maximum absolute atomic E-state index is 4.48. The first-order valence-electron chi connectivity index (χ1n) is 5.21. The van der Waals surface area contributed by atoms with Gasteiger partial charge in [0.15, 0.2) is 5.82 Å².